The number of ether oxygens (including phenoxy) is 2. The van der Waals surface area contributed by atoms with Gasteiger partial charge in [0.1, 0.15) is 5.76 Å². The molecule has 1 aromatic carbocycles. The highest BCUT2D eigenvalue weighted by Gasteiger charge is 2.21. The first-order valence-corrected chi connectivity index (χ1v) is 10.1. The summed E-state index contributed by atoms with van der Waals surface area (Å²) in [5.74, 6) is 1.33. The Kier molecular flexibility index (Phi) is 7.26. The minimum atomic E-state index is -3.55. The maximum Gasteiger partial charge on any atom is 0.235 e. The van der Waals surface area contributed by atoms with E-state index in [2.05, 4.69) is 5.32 Å². The number of carbonyl (C=O) groups is 1. The van der Waals surface area contributed by atoms with E-state index in [1.807, 2.05) is 12.1 Å². The van der Waals surface area contributed by atoms with E-state index < -0.39 is 10.0 Å². The Morgan fingerprint density at radius 1 is 1.19 bits per heavy atom. The van der Waals surface area contributed by atoms with Crippen LogP contribution in [0, 0.1) is 0 Å². The second-order valence-corrected chi connectivity index (χ2v) is 7.88. The van der Waals surface area contributed by atoms with E-state index in [1.165, 1.54) is 6.26 Å². The topological polar surface area (TPSA) is 98.1 Å². The zero-order chi connectivity index (χ0) is 19.9. The van der Waals surface area contributed by atoms with Gasteiger partial charge >= 0.3 is 0 Å². The van der Waals surface area contributed by atoms with Crippen molar-refractivity contribution >= 4 is 15.9 Å². The van der Waals surface area contributed by atoms with Crippen LogP contribution in [0.4, 0.5) is 0 Å². The van der Waals surface area contributed by atoms with E-state index in [1.54, 1.807) is 32.4 Å². The average molecular weight is 396 g/mol. The summed E-state index contributed by atoms with van der Waals surface area (Å²) in [4.78, 5) is 12.1. The quantitative estimate of drug-likeness (QED) is 0.652. The number of hydrogen-bond acceptors (Lipinski definition) is 6. The lowest BCUT2D eigenvalue weighted by Gasteiger charge is -2.18. The largest absolute Gasteiger partial charge is 0.493 e. The second kappa shape index (κ2) is 9.43. The number of rotatable bonds is 10. The van der Waals surface area contributed by atoms with Crippen molar-refractivity contribution in [2.45, 2.75) is 13.0 Å². The minimum Gasteiger partial charge on any atom is -0.493 e. The summed E-state index contributed by atoms with van der Waals surface area (Å²) in [6.07, 6.45) is 3.09. The van der Waals surface area contributed by atoms with Gasteiger partial charge in [-0.05, 0) is 36.2 Å². The molecule has 0 spiro atoms. The first-order chi connectivity index (χ1) is 12.8. The van der Waals surface area contributed by atoms with Crippen molar-refractivity contribution in [3.8, 4) is 11.5 Å². The van der Waals surface area contributed by atoms with Crippen molar-refractivity contribution < 1.29 is 27.1 Å². The van der Waals surface area contributed by atoms with Gasteiger partial charge in [0.25, 0.3) is 0 Å². The Bertz CT molecular complexity index is 849. The third-order valence-electron chi connectivity index (χ3n) is 3.89. The Hall–Kier alpha value is -2.52. The number of nitrogens with zero attached hydrogens (tertiary/aromatic N) is 1. The molecule has 0 bridgehead atoms. The zero-order valence-corrected chi connectivity index (χ0v) is 16.4. The van der Waals surface area contributed by atoms with Crippen molar-refractivity contribution in [2.24, 2.45) is 0 Å². The molecule has 1 heterocycles. The van der Waals surface area contributed by atoms with Crippen LogP contribution in [0.5, 0.6) is 11.5 Å². The number of sulfonamides is 1. The molecule has 0 unspecified atom stereocenters. The molecule has 1 aromatic heterocycles. The average Bonchev–Trinajstić information content (AvgIpc) is 3.13. The van der Waals surface area contributed by atoms with Gasteiger partial charge in [-0.3, -0.25) is 4.79 Å². The van der Waals surface area contributed by atoms with E-state index in [-0.39, 0.29) is 19.0 Å². The highest BCUT2D eigenvalue weighted by molar-refractivity contribution is 7.88. The number of hydrogen-bond donors (Lipinski definition) is 1. The van der Waals surface area contributed by atoms with Crippen molar-refractivity contribution in [3.05, 3.63) is 47.9 Å². The molecule has 0 atom stereocenters. The third kappa shape index (κ3) is 6.30. The molecule has 0 radical (unpaired) electrons. The van der Waals surface area contributed by atoms with E-state index in [4.69, 9.17) is 13.9 Å². The van der Waals surface area contributed by atoms with Gasteiger partial charge in [0.05, 0.1) is 39.8 Å². The SMILES string of the molecule is COc1ccc(CCNC(=O)CN(Cc2ccco2)S(C)(=O)=O)cc1OC. The minimum absolute atomic E-state index is 0.00886. The van der Waals surface area contributed by atoms with E-state index in [0.29, 0.717) is 30.2 Å². The van der Waals surface area contributed by atoms with Crippen LogP contribution in [0.15, 0.2) is 41.0 Å². The summed E-state index contributed by atoms with van der Waals surface area (Å²) in [6, 6.07) is 8.84. The standard InChI is InChI=1S/C18H24N2O6S/c1-24-16-7-6-14(11-17(16)25-2)8-9-19-18(21)13-20(27(3,22)23)12-15-5-4-10-26-15/h4-7,10-11H,8-9,12-13H2,1-3H3,(H,19,21). The van der Waals surface area contributed by atoms with Crippen LogP contribution in [-0.4, -0.2) is 52.2 Å². The summed E-state index contributed by atoms with van der Waals surface area (Å²) >= 11 is 0. The normalized spacial score (nSPS) is 11.4. The predicted octanol–water partition coefficient (Wildman–Crippen LogP) is 1.42. The lowest BCUT2D eigenvalue weighted by molar-refractivity contribution is -0.121. The summed E-state index contributed by atoms with van der Waals surface area (Å²) in [7, 11) is -0.427. The highest BCUT2D eigenvalue weighted by atomic mass is 32.2. The van der Waals surface area contributed by atoms with Crippen molar-refractivity contribution in [3.63, 3.8) is 0 Å². The maximum atomic E-state index is 12.1. The number of amides is 1. The molecular formula is C18H24N2O6S. The maximum absolute atomic E-state index is 12.1. The van der Waals surface area contributed by atoms with Crippen LogP contribution < -0.4 is 14.8 Å². The number of carbonyl (C=O) groups excluding carboxylic acids is 1. The molecule has 1 N–H and O–H groups in total. The van der Waals surface area contributed by atoms with Gasteiger partial charge in [0, 0.05) is 6.54 Å². The molecule has 0 fully saturated rings. The molecule has 1 amide bonds. The lowest BCUT2D eigenvalue weighted by atomic mass is 10.1. The molecule has 27 heavy (non-hydrogen) atoms. The Morgan fingerprint density at radius 2 is 1.93 bits per heavy atom. The van der Waals surface area contributed by atoms with E-state index in [9.17, 15) is 13.2 Å². The lowest BCUT2D eigenvalue weighted by Crippen LogP contribution is -2.40. The molecule has 148 valence electrons. The van der Waals surface area contributed by atoms with Crippen LogP contribution in [0.1, 0.15) is 11.3 Å². The molecule has 2 rings (SSSR count). The van der Waals surface area contributed by atoms with Gasteiger partial charge in [-0.2, -0.15) is 4.31 Å². The van der Waals surface area contributed by atoms with Crippen LogP contribution in [-0.2, 0) is 27.8 Å². The summed E-state index contributed by atoms with van der Waals surface area (Å²) in [5.41, 5.74) is 0.962. The van der Waals surface area contributed by atoms with Gasteiger partial charge < -0.3 is 19.2 Å². The molecule has 8 nitrogen and oxygen atoms in total. The van der Waals surface area contributed by atoms with Crippen LogP contribution in [0.25, 0.3) is 0 Å². The van der Waals surface area contributed by atoms with Crippen LogP contribution in [0.3, 0.4) is 0 Å². The summed E-state index contributed by atoms with van der Waals surface area (Å²) in [6.45, 7) is 0.104. The molecule has 0 saturated carbocycles. The van der Waals surface area contributed by atoms with Crippen LogP contribution >= 0.6 is 0 Å². The fourth-order valence-corrected chi connectivity index (χ4v) is 3.18. The molecule has 0 saturated heterocycles. The molecule has 0 aliphatic carbocycles. The Labute approximate surface area is 159 Å². The summed E-state index contributed by atoms with van der Waals surface area (Å²) < 4.78 is 40.5. The van der Waals surface area contributed by atoms with E-state index >= 15 is 0 Å². The number of methoxy groups -OCH3 is 2. The Morgan fingerprint density at radius 3 is 2.52 bits per heavy atom. The second-order valence-electron chi connectivity index (χ2n) is 5.90. The zero-order valence-electron chi connectivity index (χ0n) is 15.6. The molecule has 0 aliphatic rings. The number of furan rings is 1. The summed E-state index contributed by atoms with van der Waals surface area (Å²) in [5, 5.41) is 2.73. The molecular weight excluding hydrogens is 372 g/mol. The molecule has 9 heteroatoms. The van der Waals surface area contributed by atoms with E-state index in [0.717, 1.165) is 16.1 Å². The van der Waals surface area contributed by atoms with Crippen molar-refractivity contribution in [2.75, 3.05) is 33.6 Å². The first kappa shape index (κ1) is 20.8. The monoisotopic (exact) mass is 396 g/mol. The fraction of sp³-hybridized carbons (Fsp3) is 0.389. The van der Waals surface area contributed by atoms with Gasteiger partial charge in [0.2, 0.25) is 15.9 Å². The van der Waals surface area contributed by atoms with Crippen molar-refractivity contribution in [1.82, 2.24) is 9.62 Å². The van der Waals surface area contributed by atoms with Gasteiger partial charge in [-0.15, -0.1) is 0 Å². The molecule has 2 aromatic rings. The van der Waals surface area contributed by atoms with Gasteiger partial charge in [0.15, 0.2) is 11.5 Å². The highest BCUT2D eigenvalue weighted by Crippen LogP contribution is 2.27. The van der Waals surface area contributed by atoms with Gasteiger partial charge in [-0.25, -0.2) is 8.42 Å². The fourth-order valence-electron chi connectivity index (χ4n) is 2.47. The Balaban J connectivity index is 1.89. The number of nitrogens with one attached hydrogen (secondary N) is 1. The van der Waals surface area contributed by atoms with Crippen molar-refractivity contribution in [1.29, 1.82) is 0 Å². The third-order valence-corrected chi connectivity index (χ3v) is 5.08. The first-order valence-electron chi connectivity index (χ1n) is 8.28. The van der Waals surface area contributed by atoms with Gasteiger partial charge in [-0.1, -0.05) is 6.07 Å². The van der Waals surface area contributed by atoms with Crippen LogP contribution in [0.2, 0.25) is 0 Å². The number of benzene rings is 1. The predicted molar refractivity (Wildman–Crippen MR) is 100 cm³/mol. The molecule has 0 aliphatic heterocycles. The smallest absolute Gasteiger partial charge is 0.235 e.